The molecule has 0 bridgehead atoms. The molecule has 4 rings (SSSR count). The van der Waals surface area contributed by atoms with E-state index < -0.39 is 0 Å². The zero-order chi connectivity index (χ0) is 20.9. The number of hydrogen-bond donors (Lipinski definition) is 1. The van der Waals surface area contributed by atoms with Crippen molar-refractivity contribution in [3.8, 4) is 5.69 Å². The van der Waals surface area contributed by atoms with Gasteiger partial charge in [0.25, 0.3) is 5.91 Å². The van der Waals surface area contributed by atoms with Crippen LogP contribution in [-0.2, 0) is 11.3 Å². The Morgan fingerprint density at radius 2 is 1.87 bits per heavy atom. The zero-order valence-electron chi connectivity index (χ0n) is 16.4. The number of carbonyl (C=O) groups is 2. The predicted octanol–water partition coefficient (Wildman–Crippen LogP) is 3.09. The lowest BCUT2D eigenvalue weighted by molar-refractivity contribution is -0.126. The number of aromatic nitrogens is 3. The normalized spacial score (nSPS) is 16.3. The van der Waals surface area contributed by atoms with Gasteiger partial charge >= 0.3 is 0 Å². The topological polar surface area (TPSA) is 80.1 Å². The second kappa shape index (κ2) is 9.09. The third-order valence-electron chi connectivity index (χ3n) is 5.26. The Balaban J connectivity index is 1.32. The standard InChI is InChI=1S/C22H22ClN5O2/c23-19-7-5-17(6-8-19)22(30)27-11-1-2-18(13-27)21(29)25-12-16-3-9-20(10-4-16)28-15-24-14-26-28/h3-10,14-15,18H,1-2,11-13H2,(H,25,29). The van der Waals surface area contributed by atoms with Gasteiger partial charge in [-0.2, -0.15) is 5.10 Å². The minimum absolute atomic E-state index is 0.0241. The Kier molecular flexibility index (Phi) is 6.09. The summed E-state index contributed by atoms with van der Waals surface area (Å²) in [6.45, 7) is 1.53. The second-order valence-electron chi connectivity index (χ2n) is 7.32. The molecule has 2 amide bonds. The van der Waals surface area contributed by atoms with E-state index in [9.17, 15) is 9.59 Å². The number of benzene rings is 2. The molecule has 1 aromatic heterocycles. The highest BCUT2D eigenvalue weighted by Crippen LogP contribution is 2.20. The molecular weight excluding hydrogens is 402 g/mol. The van der Waals surface area contributed by atoms with E-state index in [0.29, 0.717) is 30.2 Å². The third kappa shape index (κ3) is 4.68. The van der Waals surface area contributed by atoms with Crippen molar-refractivity contribution in [3.63, 3.8) is 0 Å². The summed E-state index contributed by atoms with van der Waals surface area (Å²) in [7, 11) is 0. The molecule has 1 N–H and O–H groups in total. The van der Waals surface area contributed by atoms with E-state index in [-0.39, 0.29) is 17.7 Å². The first-order valence-electron chi connectivity index (χ1n) is 9.86. The molecular formula is C22H22ClN5O2. The number of nitrogens with zero attached hydrogens (tertiary/aromatic N) is 4. The Bertz CT molecular complexity index is 1000. The number of rotatable bonds is 5. The van der Waals surface area contributed by atoms with E-state index >= 15 is 0 Å². The van der Waals surface area contributed by atoms with Crippen molar-refractivity contribution in [1.29, 1.82) is 0 Å². The van der Waals surface area contributed by atoms with Crippen LogP contribution in [0.25, 0.3) is 5.69 Å². The quantitative estimate of drug-likeness (QED) is 0.683. The lowest BCUT2D eigenvalue weighted by Gasteiger charge is -2.32. The van der Waals surface area contributed by atoms with Gasteiger partial charge in [0.15, 0.2) is 0 Å². The summed E-state index contributed by atoms with van der Waals surface area (Å²) < 4.78 is 1.68. The summed E-state index contributed by atoms with van der Waals surface area (Å²) in [5, 5.41) is 7.69. The molecule has 0 saturated carbocycles. The van der Waals surface area contributed by atoms with Crippen LogP contribution in [0.4, 0.5) is 0 Å². The largest absolute Gasteiger partial charge is 0.352 e. The predicted molar refractivity (Wildman–Crippen MR) is 113 cm³/mol. The van der Waals surface area contributed by atoms with Crippen LogP contribution < -0.4 is 5.32 Å². The first-order chi connectivity index (χ1) is 14.6. The Morgan fingerprint density at radius 3 is 2.57 bits per heavy atom. The Hall–Kier alpha value is -3.19. The highest BCUT2D eigenvalue weighted by Gasteiger charge is 2.28. The summed E-state index contributed by atoms with van der Waals surface area (Å²) >= 11 is 5.90. The Labute approximate surface area is 179 Å². The van der Waals surface area contributed by atoms with Crippen molar-refractivity contribution in [2.45, 2.75) is 19.4 Å². The molecule has 1 aliphatic heterocycles. The summed E-state index contributed by atoms with van der Waals surface area (Å²) in [6, 6.07) is 14.6. The number of carbonyl (C=O) groups excluding carboxylic acids is 2. The molecule has 1 atom stereocenters. The van der Waals surface area contributed by atoms with Crippen LogP contribution in [0.1, 0.15) is 28.8 Å². The van der Waals surface area contributed by atoms with Gasteiger partial charge in [-0.25, -0.2) is 9.67 Å². The molecule has 8 heteroatoms. The van der Waals surface area contributed by atoms with E-state index in [2.05, 4.69) is 15.4 Å². The van der Waals surface area contributed by atoms with Crippen LogP contribution in [0.2, 0.25) is 5.02 Å². The van der Waals surface area contributed by atoms with E-state index in [1.54, 1.807) is 40.2 Å². The summed E-state index contributed by atoms with van der Waals surface area (Å²) in [6.07, 6.45) is 4.71. The van der Waals surface area contributed by atoms with Crippen LogP contribution >= 0.6 is 11.6 Å². The van der Waals surface area contributed by atoms with Crippen LogP contribution in [0.15, 0.2) is 61.2 Å². The van der Waals surface area contributed by atoms with Crippen molar-refractivity contribution in [1.82, 2.24) is 25.0 Å². The van der Waals surface area contributed by atoms with E-state index in [1.165, 1.54) is 6.33 Å². The molecule has 30 heavy (non-hydrogen) atoms. The summed E-state index contributed by atoms with van der Waals surface area (Å²) in [5.74, 6) is -0.291. The molecule has 2 heterocycles. The number of hydrogen-bond acceptors (Lipinski definition) is 4. The van der Waals surface area contributed by atoms with Crippen LogP contribution in [0.5, 0.6) is 0 Å². The first kappa shape index (κ1) is 20.1. The second-order valence-corrected chi connectivity index (χ2v) is 7.76. The van der Waals surface area contributed by atoms with Gasteiger partial charge in [0.2, 0.25) is 5.91 Å². The summed E-state index contributed by atoms with van der Waals surface area (Å²) in [5.41, 5.74) is 2.50. The van der Waals surface area contributed by atoms with Gasteiger partial charge in [-0.15, -0.1) is 0 Å². The molecule has 2 aromatic carbocycles. The van der Waals surface area contributed by atoms with E-state index in [0.717, 1.165) is 24.1 Å². The number of likely N-dealkylation sites (tertiary alicyclic amines) is 1. The molecule has 1 unspecified atom stereocenters. The van der Waals surface area contributed by atoms with Crippen molar-refractivity contribution >= 4 is 23.4 Å². The monoisotopic (exact) mass is 423 g/mol. The van der Waals surface area contributed by atoms with Gasteiger partial charge in [-0.05, 0) is 54.8 Å². The third-order valence-corrected chi connectivity index (χ3v) is 5.51. The van der Waals surface area contributed by atoms with Gasteiger partial charge in [0, 0.05) is 30.2 Å². The first-order valence-corrected chi connectivity index (χ1v) is 10.2. The van der Waals surface area contributed by atoms with Gasteiger partial charge < -0.3 is 10.2 Å². The van der Waals surface area contributed by atoms with Gasteiger partial charge in [-0.3, -0.25) is 9.59 Å². The van der Waals surface area contributed by atoms with Crippen LogP contribution in [0.3, 0.4) is 0 Å². The van der Waals surface area contributed by atoms with Crippen LogP contribution in [0, 0.1) is 5.92 Å². The van der Waals surface area contributed by atoms with Crippen molar-refractivity contribution in [2.24, 2.45) is 5.92 Å². The minimum atomic E-state index is -0.204. The van der Waals surface area contributed by atoms with Crippen molar-refractivity contribution in [2.75, 3.05) is 13.1 Å². The average molecular weight is 424 g/mol. The van der Waals surface area contributed by atoms with Gasteiger partial charge in [0.05, 0.1) is 11.6 Å². The minimum Gasteiger partial charge on any atom is -0.352 e. The lowest BCUT2D eigenvalue weighted by Crippen LogP contribution is -2.45. The highest BCUT2D eigenvalue weighted by molar-refractivity contribution is 6.30. The molecule has 0 aliphatic carbocycles. The fourth-order valence-electron chi connectivity index (χ4n) is 3.59. The van der Waals surface area contributed by atoms with Gasteiger partial charge in [0.1, 0.15) is 12.7 Å². The van der Waals surface area contributed by atoms with Gasteiger partial charge in [-0.1, -0.05) is 23.7 Å². The SMILES string of the molecule is O=C(NCc1ccc(-n2cncn2)cc1)C1CCCN(C(=O)c2ccc(Cl)cc2)C1. The number of amides is 2. The molecule has 1 fully saturated rings. The fraction of sp³-hybridized carbons (Fsp3) is 0.273. The maximum atomic E-state index is 12.7. The molecule has 154 valence electrons. The summed E-state index contributed by atoms with van der Waals surface area (Å²) in [4.78, 5) is 31.1. The number of nitrogens with one attached hydrogen (secondary N) is 1. The molecule has 7 nitrogen and oxygen atoms in total. The average Bonchev–Trinajstić information content (AvgIpc) is 3.33. The Morgan fingerprint density at radius 1 is 1.10 bits per heavy atom. The molecule has 1 aliphatic rings. The molecule has 0 spiro atoms. The van der Waals surface area contributed by atoms with Crippen LogP contribution in [-0.4, -0.2) is 44.6 Å². The number of halogens is 1. The van der Waals surface area contributed by atoms with E-state index in [1.807, 2.05) is 24.3 Å². The maximum Gasteiger partial charge on any atom is 0.253 e. The number of piperidine rings is 1. The van der Waals surface area contributed by atoms with Crippen molar-refractivity contribution in [3.05, 3.63) is 77.3 Å². The van der Waals surface area contributed by atoms with Crippen molar-refractivity contribution < 1.29 is 9.59 Å². The smallest absolute Gasteiger partial charge is 0.253 e. The molecule has 0 radical (unpaired) electrons. The lowest BCUT2D eigenvalue weighted by atomic mass is 9.96. The highest BCUT2D eigenvalue weighted by atomic mass is 35.5. The van der Waals surface area contributed by atoms with E-state index in [4.69, 9.17) is 11.6 Å². The zero-order valence-corrected chi connectivity index (χ0v) is 17.1. The maximum absolute atomic E-state index is 12.7. The molecule has 3 aromatic rings. The molecule has 1 saturated heterocycles. The fourth-order valence-corrected chi connectivity index (χ4v) is 3.72.